The molecule has 1 aliphatic rings. The Morgan fingerprint density at radius 1 is 1.29 bits per heavy atom. The average Bonchev–Trinajstić information content (AvgIpc) is 3.13. The fraction of sp³-hybridized carbons (Fsp3) is 0.200. The quantitative estimate of drug-likeness (QED) is 0.539. The van der Waals surface area contributed by atoms with Gasteiger partial charge in [-0.3, -0.25) is 9.78 Å². The lowest BCUT2D eigenvalue weighted by Gasteiger charge is -2.28. The molecule has 1 saturated heterocycles. The van der Waals surface area contributed by atoms with Crippen LogP contribution in [0, 0.1) is 0 Å². The maximum absolute atomic E-state index is 13.1. The fourth-order valence-corrected chi connectivity index (χ4v) is 5.84. The molecule has 1 aromatic carbocycles. The number of nitrogens with zero attached hydrogens (tertiary/aromatic N) is 1. The van der Waals surface area contributed by atoms with Gasteiger partial charge in [0.2, 0.25) is 5.91 Å². The van der Waals surface area contributed by atoms with Crippen molar-refractivity contribution in [3.63, 3.8) is 0 Å². The molecular weight excluding hydrogens is 415 g/mol. The highest BCUT2D eigenvalue weighted by Crippen LogP contribution is 2.56. The molecule has 5 nitrogen and oxygen atoms in total. The maximum atomic E-state index is 13.1. The first-order valence-corrected chi connectivity index (χ1v) is 11.3. The average molecular weight is 433 g/mol. The number of amides is 1. The molecule has 144 valence electrons. The van der Waals surface area contributed by atoms with Crippen LogP contribution in [0.5, 0.6) is 0 Å². The lowest BCUT2D eigenvalue weighted by molar-refractivity contribution is -0.120. The topological polar surface area (TPSA) is 60.5 Å². The van der Waals surface area contributed by atoms with Crippen LogP contribution in [0.2, 0.25) is 5.02 Å². The number of benzene rings is 1. The summed E-state index contributed by atoms with van der Waals surface area (Å²) in [6.07, 6.45) is 5.91. The second-order valence-corrected chi connectivity index (χ2v) is 9.09. The van der Waals surface area contributed by atoms with E-state index in [2.05, 4.69) is 10.3 Å². The molecule has 2 aromatic heterocycles. The lowest BCUT2D eigenvalue weighted by atomic mass is 10.1. The van der Waals surface area contributed by atoms with E-state index in [-0.39, 0.29) is 5.91 Å². The Balaban J connectivity index is 1.62. The summed E-state index contributed by atoms with van der Waals surface area (Å²) >= 11 is 7.78. The number of aromatic nitrogens is 1. The molecule has 1 fully saturated rings. The number of nitrogens with one attached hydrogen (secondary N) is 1. The molecule has 1 unspecified atom stereocenters. The third-order valence-electron chi connectivity index (χ3n) is 4.21. The Hall–Kier alpha value is -1.82. The summed E-state index contributed by atoms with van der Waals surface area (Å²) in [4.78, 5) is 17.3. The molecule has 0 aliphatic carbocycles. The summed E-state index contributed by atoms with van der Waals surface area (Å²) in [5.41, 5.74) is 1.12. The molecule has 8 heteroatoms. The van der Waals surface area contributed by atoms with E-state index >= 15 is 0 Å². The molecule has 28 heavy (non-hydrogen) atoms. The zero-order valence-corrected chi connectivity index (χ0v) is 17.3. The van der Waals surface area contributed by atoms with Crippen LogP contribution >= 0.6 is 31.3 Å². The van der Waals surface area contributed by atoms with Crippen LogP contribution in [0.1, 0.15) is 23.3 Å². The minimum absolute atomic E-state index is 0.167. The lowest BCUT2D eigenvalue weighted by Crippen LogP contribution is -2.26. The fourth-order valence-electron chi connectivity index (χ4n) is 2.90. The van der Waals surface area contributed by atoms with E-state index in [1.54, 1.807) is 29.8 Å². The molecule has 3 aromatic rings. The second kappa shape index (κ2) is 9.12. The normalized spacial score (nSPS) is 16.5. The first-order chi connectivity index (χ1) is 13.7. The molecule has 0 saturated carbocycles. The first-order valence-electron chi connectivity index (χ1n) is 8.82. The van der Waals surface area contributed by atoms with Gasteiger partial charge in [-0.2, -0.15) is 0 Å². The smallest absolute Gasteiger partial charge is 0.240 e. The maximum Gasteiger partial charge on any atom is 0.240 e. The molecule has 4 rings (SSSR count). The Kier molecular flexibility index (Phi) is 6.35. The van der Waals surface area contributed by atoms with Crippen molar-refractivity contribution in [3.8, 4) is 0 Å². The van der Waals surface area contributed by atoms with Gasteiger partial charge in [-0.05, 0) is 59.2 Å². The number of thiophene rings is 1. The number of rotatable bonds is 5. The first kappa shape index (κ1) is 19.5. The molecule has 0 radical (unpaired) electrons. The predicted octanol–water partition coefficient (Wildman–Crippen LogP) is 5.53. The third-order valence-corrected chi connectivity index (χ3v) is 7.24. The number of hydrogen-bond acceptors (Lipinski definition) is 5. The van der Waals surface area contributed by atoms with Crippen molar-refractivity contribution in [2.45, 2.75) is 12.1 Å². The highest BCUT2D eigenvalue weighted by Gasteiger charge is 2.35. The summed E-state index contributed by atoms with van der Waals surface area (Å²) in [6.45, 7) is 1.20. The molecule has 1 amide bonds. The highest BCUT2D eigenvalue weighted by molar-refractivity contribution is 7.49. The second-order valence-electron chi connectivity index (χ2n) is 6.14. The molecular formula is C20H18ClN2O3PS. The minimum Gasteiger partial charge on any atom is -0.333 e. The molecule has 3 heterocycles. The van der Waals surface area contributed by atoms with Gasteiger partial charge >= 0.3 is 0 Å². The number of hydrogen-bond donors (Lipinski definition) is 1. The Morgan fingerprint density at radius 2 is 2.14 bits per heavy atom. The van der Waals surface area contributed by atoms with Gasteiger partial charge in [-0.15, -0.1) is 11.3 Å². The van der Waals surface area contributed by atoms with E-state index < -0.39 is 14.0 Å². The summed E-state index contributed by atoms with van der Waals surface area (Å²) in [7, 11) is -1.38. The van der Waals surface area contributed by atoms with Gasteiger partial charge in [-0.1, -0.05) is 17.7 Å². The minimum atomic E-state index is -1.38. The Bertz CT molecular complexity index is 990. The summed E-state index contributed by atoms with van der Waals surface area (Å²) < 4.78 is 12.8. The van der Waals surface area contributed by atoms with Crippen molar-refractivity contribution >= 4 is 53.4 Å². The van der Waals surface area contributed by atoms with Gasteiger partial charge in [0.25, 0.3) is 0 Å². The van der Waals surface area contributed by atoms with E-state index in [0.717, 1.165) is 27.8 Å². The van der Waals surface area contributed by atoms with Crippen molar-refractivity contribution in [1.29, 1.82) is 0 Å². The number of carbonyl (C=O) groups excluding carboxylic acids is 1. The van der Waals surface area contributed by atoms with Gasteiger partial charge in [0.15, 0.2) is 8.38 Å². The van der Waals surface area contributed by atoms with Crippen LogP contribution in [0.4, 0.5) is 0 Å². The number of pyridine rings is 1. The van der Waals surface area contributed by atoms with E-state index in [4.69, 9.17) is 20.6 Å². The largest absolute Gasteiger partial charge is 0.333 e. The van der Waals surface area contributed by atoms with Crippen molar-refractivity contribution in [2.75, 3.05) is 13.2 Å². The van der Waals surface area contributed by atoms with E-state index in [9.17, 15) is 4.79 Å². The van der Waals surface area contributed by atoms with Crippen LogP contribution in [0.25, 0.3) is 16.2 Å². The predicted molar refractivity (Wildman–Crippen MR) is 114 cm³/mol. The van der Waals surface area contributed by atoms with Gasteiger partial charge in [0.1, 0.15) is 5.66 Å². The van der Waals surface area contributed by atoms with Gasteiger partial charge in [0, 0.05) is 22.1 Å². The molecule has 1 N–H and O–H groups in total. The van der Waals surface area contributed by atoms with E-state index in [0.29, 0.717) is 18.2 Å². The summed E-state index contributed by atoms with van der Waals surface area (Å²) in [5.74, 6) is -0.167. The third kappa shape index (κ3) is 4.43. The van der Waals surface area contributed by atoms with Crippen LogP contribution in [0.15, 0.2) is 54.2 Å². The SMILES string of the molecule is O=C(NC=Cc1ccccn1)C(c1csc2ccc(Cl)cc12)P1OCCCO1. The zero-order chi connectivity index (χ0) is 19.3. The molecule has 0 spiro atoms. The van der Waals surface area contributed by atoms with Crippen molar-refractivity contribution in [3.05, 3.63) is 70.5 Å². The van der Waals surface area contributed by atoms with E-state index in [1.165, 1.54) is 0 Å². The van der Waals surface area contributed by atoms with Gasteiger partial charge in [-0.25, -0.2) is 0 Å². The molecule has 0 bridgehead atoms. The number of carbonyl (C=O) groups is 1. The van der Waals surface area contributed by atoms with Crippen molar-refractivity contribution < 1.29 is 13.8 Å². The Morgan fingerprint density at radius 3 is 2.93 bits per heavy atom. The summed E-state index contributed by atoms with van der Waals surface area (Å²) in [5, 5.41) is 6.46. The van der Waals surface area contributed by atoms with Gasteiger partial charge < -0.3 is 14.4 Å². The molecule has 1 atom stereocenters. The zero-order valence-electron chi connectivity index (χ0n) is 14.9. The monoisotopic (exact) mass is 432 g/mol. The van der Waals surface area contributed by atoms with Gasteiger partial charge in [0.05, 0.1) is 18.9 Å². The number of fused-ring (bicyclic) bond motifs is 1. The van der Waals surface area contributed by atoms with Crippen molar-refractivity contribution in [1.82, 2.24) is 10.3 Å². The van der Waals surface area contributed by atoms with Crippen LogP contribution in [-0.2, 0) is 13.8 Å². The van der Waals surface area contributed by atoms with Crippen LogP contribution in [-0.4, -0.2) is 24.1 Å². The van der Waals surface area contributed by atoms with E-state index in [1.807, 2.05) is 41.8 Å². The Labute approximate surface area is 173 Å². The van der Waals surface area contributed by atoms with Crippen molar-refractivity contribution in [2.24, 2.45) is 0 Å². The number of halogens is 1. The summed E-state index contributed by atoms with van der Waals surface area (Å²) in [6, 6.07) is 11.3. The standard InChI is InChI=1S/C20H18ClN2O3PS/c21-14-5-6-18-16(12-14)17(13-28-18)19(27-25-10-3-11-26-27)20(24)23-9-7-15-4-1-2-8-22-15/h1-2,4-9,12-13,19H,3,10-11H2,(H,23,24). The highest BCUT2D eigenvalue weighted by atomic mass is 35.5. The van der Waals surface area contributed by atoms with Crippen LogP contribution < -0.4 is 5.32 Å². The van der Waals surface area contributed by atoms with Crippen LogP contribution in [0.3, 0.4) is 0 Å². The molecule has 1 aliphatic heterocycles.